The Morgan fingerprint density at radius 2 is 1.55 bits per heavy atom. The monoisotopic (exact) mass is 428 g/mol. The second-order valence-electron chi connectivity index (χ2n) is 7.44. The van der Waals surface area contributed by atoms with Gasteiger partial charge in [0.25, 0.3) is 5.91 Å². The van der Waals surface area contributed by atoms with Crippen LogP contribution in [-0.4, -0.2) is 10.9 Å². The minimum absolute atomic E-state index is 0.235. The largest absolute Gasteiger partial charge is 0.399 e. The molecule has 4 aromatic rings. The summed E-state index contributed by atoms with van der Waals surface area (Å²) in [6, 6.07) is 25.5. The molecule has 5 N–H and O–H groups in total. The quantitative estimate of drug-likeness (QED) is 0.368. The lowest BCUT2D eigenvalue weighted by atomic mass is 10.0. The fourth-order valence-electron chi connectivity index (χ4n) is 3.29. The Morgan fingerprint density at radius 1 is 0.903 bits per heavy atom. The Labute approximate surface area is 185 Å². The van der Waals surface area contributed by atoms with Gasteiger partial charge < -0.3 is 16.8 Å². The average Bonchev–Trinajstić information content (AvgIpc) is 3.28. The van der Waals surface area contributed by atoms with Crippen molar-refractivity contribution in [2.24, 2.45) is 5.73 Å². The third-order valence-electron chi connectivity index (χ3n) is 4.97. The van der Waals surface area contributed by atoms with Crippen molar-refractivity contribution < 1.29 is 4.79 Å². The molecule has 3 aromatic carbocycles. The van der Waals surface area contributed by atoms with Crippen LogP contribution in [0.4, 0.5) is 11.4 Å². The highest BCUT2D eigenvalue weighted by Gasteiger charge is 2.16. The predicted molar refractivity (Wildman–Crippen MR) is 127 cm³/mol. The molecule has 0 aliphatic rings. The molecule has 1 aromatic heterocycles. The fourth-order valence-corrected chi connectivity index (χ4v) is 4.09. The van der Waals surface area contributed by atoms with E-state index in [4.69, 9.17) is 11.5 Å². The summed E-state index contributed by atoms with van der Waals surface area (Å²) in [5.41, 5.74) is 17.4. The summed E-state index contributed by atoms with van der Waals surface area (Å²) in [6.45, 7) is 0. The zero-order valence-electron chi connectivity index (χ0n) is 17.0. The molecule has 0 spiro atoms. The van der Waals surface area contributed by atoms with E-state index in [0.717, 1.165) is 33.9 Å². The lowest BCUT2D eigenvalue weighted by Gasteiger charge is -2.08. The maximum absolute atomic E-state index is 12.6. The first-order valence-electron chi connectivity index (χ1n) is 10.1. The van der Waals surface area contributed by atoms with Crippen LogP contribution in [0.1, 0.15) is 38.2 Å². The van der Waals surface area contributed by atoms with Crippen LogP contribution in [-0.2, 0) is 12.8 Å². The van der Waals surface area contributed by atoms with E-state index >= 15 is 0 Å². The van der Waals surface area contributed by atoms with E-state index in [0.29, 0.717) is 12.1 Å². The van der Waals surface area contributed by atoms with E-state index in [-0.39, 0.29) is 11.9 Å². The summed E-state index contributed by atoms with van der Waals surface area (Å²) < 4.78 is 0. The normalized spacial score (nSPS) is 11.8. The van der Waals surface area contributed by atoms with Gasteiger partial charge in [-0.25, -0.2) is 4.98 Å². The highest BCUT2D eigenvalue weighted by atomic mass is 32.1. The number of nitrogens with zero attached hydrogens (tertiary/aromatic N) is 1. The minimum Gasteiger partial charge on any atom is -0.399 e. The van der Waals surface area contributed by atoms with Crippen LogP contribution in [0.25, 0.3) is 0 Å². The van der Waals surface area contributed by atoms with Crippen LogP contribution in [0.2, 0.25) is 0 Å². The zero-order valence-corrected chi connectivity index (χ0v) is 17.8. The van der Waals surface area contributed by atoms with Crippen LogP contribution in [0.5, 0.6) is 0 Å². The number of nitrogens with one attached hydrogen (secondary N) is 1. The Hall–Kier alpha value is -3.48. The summed E-state index contributed by atoms with van der Waals surface area (Å²) in [6.07, 6.45) is 1.49. The third-order valence-corrected chi connectivity index (χ3v) is 5.95. The summed E-state index contributed by atoms with van der Waals surface area (Å²) in [7, 11) is 0. The number of aromatic nitrogens is 1. The highest BCUT2D eigenvalue weighted by molar-refractivity contribution is 7.09. The van der Waals surface area contributed by atoms with Gasteiger partial charge in [-0.05, 0) is 53.8 Å². The van der Waals surface area contributed by atoms with E-state index in [1.165, 1.54) is 16.9 Å². The highest BCUT2D eigenvalue weighted by Crippen LogP contribution is 2.21. The number of anilines is 2. The Bertz CT molecular complexity index is 1140. The molecule has 1 heterocycles. The van der Waals surface area contributed by atoms with Crippen molar-refractivity contribution in [3.63, 3.8) is 0 Å². The standard InChI is InChI=1S/C25H24N4OS/c26-20-10-6-18(7-11-20)14-19-8-12-21(13-9-19)28-24(30)23-16-31-25(29-23)22(27)15-17-4-2-1-3-5-17/h1-13,16,22H,14-15,26-27H2,(H,28,30). The smallest absolute Gasteiger partial charge is 0.275 e. The molecule has 1 atom stereocenters. The van der Waals surface area contributed by atoms with Gasteiger partial charge in [0.1, 0.15) is 10.7 Å². The van der Waals surface area contributed by atoms with Crippen LogP contribution < -0.4 is 16.8 Å². The second kappa shape index (κ2) is 9.55. The van der Waals surface area contributed by atoms with Gasteiger partial charge in [-0.3, -0.25) is 4.79 Å². The van der Waals surface area contributed by atoms with Crippen molar-refractivity contribution in [3.8, 4) is 0 Å². The molecule has 4 rings (SSSR count). The molecule has 0 aliphatic carbocycles. The molecule has 1 unspecified atom stereocenters. The first-order valence-corrected chi connectivity index (χ1v) is 10.9. The van der Waals surface area contributed by atoms with Gasteiger partial charge >= 0.3 is 0 Å². The molecule has 5 nitrogen and oxygen atoms in total. The Kier molecular flexibility index (Phi) is 6.40. The number of benzene rings is 3. The molecule has 0 bridgehead atoms. The van der Waals surface area contributed by atoms with Gasteiger partial charge in [0.15, 0.2) is 0 Å². The van der Waals surface area contributed by atoms with Gasteiger partial charge in [0.2, 0.25) is 0 Å². The summed E-state index contributed by atoms with van der Waals surface area (Å²) in [5.74, 6) is -0.235. The van der Waals surface area contributed by atoms with Crippen LogP contribution in [0.15, 0.2) is 84.2 Å². The maximum Gasteiger partial charge on any atom is 0.275 e. The fraction of sp³-hybridized carbons (Fsp3) is 0.120. The molecule has 156 valence electrons. The first-order chi connectivity index (χ1) is 15.1. The molecular weight excluding hydrogens is 404 g/mol. The molecule has 0 aliphatic heterocycles. The van der Waals surface area contributed by atoms with Gasteiger partial charge in [-0.1, -0.05) is 54.6 Å². The lowest BCUT2D eigenvalue weighted by molar-refractivity contribution is 0.102. The molecule has 1 amide bonds. The van der Waals surface area contributed by atoms with E-state index in [1.807, 2.05) is 78.9 Å². The SMILES string of the molecule is Nc1ccc(Cc2ccc(NC(=O)c3csc(C(N)Cc4ccccc4)n3)cc2)cc1. The van der Waals surface area contributed by atoms with Crippen LogP contribution >= 0.6 is 11.3 Å². The van der Waals surface area contributed by atoms with Crippen molar-refractivity contribution >= 4 is 28.6 Å². The number of carbonyl (C=O) groups excluding carboxylic acids is 1. The summed E-state index contributed by atoms with van der Waals surface area (Å²) >= 11 is 1.41. The number of rotatable bonds is 7. The van der Waals surface area contributed by atoms with Gasteiger partial charge in [-0.15, -0.1) is 11.3 Å². The van der Waals surface area contributed by atoms with E-state index in [1.54, 1.807) is 5.38 Å². The zero-order chi connectivity index (χ0) is 21.6. The van der Waals surface area contributed by atoms with Crippen molar-refractivity contribution in [1.82, 2.24) is 4.98 Å². The van der Waals surface area contributed by atoms with E-state index < -0.39 is 0 Å². The molecule has 31 heavy (non-hydrogen) atoms. The van der Waals surface area contributed by atoms with Crippen LogP contribution in [0, 0.1) is 0 Å². The second-order valence-corrected chi connectivity index (χ2v) is 8.33. The molecule has 0 saturated heterocycles. The van der Waals surface area contributed by atoms with Gasteiger partial charge in [-0.2, -0.15) is 0 Å². The van der Waals surface area contributed by atoms with E-state index in [9.17, 15) is 4.79 Å². The third kappa shape index (κ3) is 5.57. The van der Waals surface area contributed by atoms with Crippen molar-refractivity contribution in [2.75, 3.05) is 11.1 Å². The van der Waals surface area contributed by atoms with Crippen LogP contribution in [0.3, 0.4) is 0 Å². The Morgan fingerprint density at radius 3 is 2.23 bits per heavy atom. The van der Waals surface area contributed by atoms with Gasteiger partial charge in [0, 0.05) is 16.8 Å². The molecule has 0 radical (unpaired) electrons. The predicted octanol–water partition coefficient (Wildman–Crippen LogP) is 4.81. The van der Waals surface area contributed by atoms with Gasteiger partial charge in [0.05, 0.1) is 6.04 Å². The van der Waals surface area contributed by atoms with Crippen molar-refractivity contribution in [3.05, 3.63) is 112 Å². The number of amides is 1. The molecular formula is C25H24N4OS. The minimum atomic E-state index is -0.235. The number of hydrogen-bond donors (Lipinski definition) is 3. The lowest BCUT2D eigenvalue weighted by Crippen LogP contribution is -2.15. The maximum atomic E-state index is 12.6. The first kappa shape index (κ1) is 20.8. The number of carbonyl (C=O) groups is 1. The average molecular weight is 429 g/mol. The number of thiazole rings is 1. The molecule has 0 fully saturated rings. The van der Waals surface area contributed by atoms with Crippen molar-refractivity contribution in [1.29, 1.82) is 0 Å². The summed E-state index contributed by atoms with van der Waals surface area (Å²) in [5, 5.41) is 5.42. The topological polar surface area (TPSA) is 94.0 Å². The number of hydrogen-bond acceptors (Lipinski definition) is 5. The van der Waals surface area contributed by atoms with E-state index in [2.05, 4.69) is 10.3 Å². The Balaban J connectivity index is 1.35. The van der Waals surface area contributed by atoms with Crippen molar-refractivity contribution in [2.45, 2.75) is 18.9 Å². The molecule has 6 heteroatoms. The number of nitrogens with two attached hydrogens (primary N) is 2. The summed E-state index contributed by atoms with van der Waals surface area (Å²) in [4.78, 5) is 17.1. The molecule has 0 saturated carbocycles. The number of nitrogen functional groups attached to an aromatic ring is 1.